The van der Waals surface area contributed by atoms with Crippen molar-refractivity contribution in [2.45, 2.75) is 33.5 Å². The average molecular weight is 202 g/mol. The lowest BCUT2D eigenvalue weighted by Gasteiger charge is -2.34. The molecule has 0 saturated carbocycles. The van der Waals surface area contributed by atoms with Crippen LogP contribution in [0.2, 0.25) is 0 Å². The molecule has 1 aliphatic rings. The first-order valence-electron chi connectivity index (χ1n) is 4.92. The summed E-state index contributed by atoms with van der Waals surface area (Å²) in [5, 5.41) is 0. The van der Waals surface area contributed by atoms with Gasteiger partial charge in [0.2, 0.25) is 0 Å². The van der Waals surface area contributed by atoms with Crippen LogP contribution in [0, 0.1) is 5.41 Å². The highest BCUT2D eigenvalue weighted by molar-refractivity contribution is 5.69. The van der Waals surface area contributed by atoms with Crippen LogP contribution in [0.5, 0.6) is 0 Å². The van der Waals surface area contributed by atoms with Crippen LogP contribution in [0.25, 0.3) is 0 Å². The van der Waals surface area contributed by atoms with Crippen molar-refractivity contribution >= 4 is 5.97 Å². The molecule has 0 atom stereocenters. The van der Waals surface area contributed by atoms with E-state index in [-0.39, 0.29) is 17.8 Å². The minimum atomic E-state index is -0.429. The Kier molecular flexibility index (Phi) is 3.89. The number of ether oxygens (including phenoxy) is 3. The minimum Gasteiger partial charge on any atom is -0.466 e. The van der Waals surface area contributed by atoms with Crippen LogP contribution in [0.1, 0.15) is 27.2 Å². The van der Waals surface area contributed by atoms with Crippen molar-refractivity contribution in [1.82, 2.24) is 0 Å². The van der Waals surface area contributed by atoms with E-state index in [0.717, 1.165) is 0 Å². The average Bonchev–Trinajstić information content (AvgIpc) is 2.09. The molecule has 0 aliphatic carbocycles. The van der Waals surface area contributed by atoms with Gasteiger partial charge >= 0.3 is 5.97 Å². The summed E-state index contributed by atoms with van der Waals surface area (Å²) in [7, 11) is 0. The molecule has 14 heavy (non-hydrogen) atoms. The molecular formula is C10H18O4. The molecule has 0 unspecified atom stereocenters. The molecule has 0 aromatic carbocycles. The molecule has 0 spiro atoms. The Morgan fingerprint density at radius 3 is 2.50 bits per heavy atom. The maximum absolute atomic E-state index is 11.1. The molecule has 82 valence electrons. The molecule has 1 heterocycles. The summed E-state index contributed by atoms with van der Waals surface area (Å²) in [5.41, 5.74) is 0.0468. The fourth-order valence-corrected chi connectivity index (χ4v) is 1.20. The first-order chi connectivity index (χ1) is 6.53. The van der Waals surface area contributed by atoms with Gasteiger partial charge in [-0.25, -0.2) is 0 Å². The first-order valence-corrected chi connectivity index (χ1v) is 4.92. The summed E-state index contributed by atoms with van der Waals surface area (Å²) in [6.07, 6.45) is -0.244. The van der Waals surface area contributed by atoms with E-state index < -0.39 is 6.29 Å². The van der Waals surface area contributed by atoms with E-state index in [9.17, 15) is 4.79 Å². The SMILES string of the molecule is CCOC(=O)CC1OCC(C)(C)CO1. The van der Waals surface area contributed by atoms with Gasteiger partial charge < -0.3 is 14.2 Å². The number of esters is 1. The van der Waals surface area contributed by atoms with Crippen molar-refractivity contribution in [1.29, 1.82) is 0 Å². The van der Waals surface area contributed by atoms with Gasteiger partial charge in [-0.15, -0.1) is 0 Å². The lowest BCUT2D eigenvalue weighted by molar-refractivity contribution is -0.226. The Balaban J connectivity index is 2.25. The normalized spacial score (nSPS) is 21.9. The molecule has 1 aliphatic heterocycles. The van der Waals surface area contributed by atoms with E-state index in [1.54, 1.807) is 6.92 Å². The fourth-order valence-electron chi connectivity index (χ4n) is 1.20. The van der Waals surface area contributed by atoms with Crippen LogP contribution in [0.4, 0.5) is 0 Å². The third-order valence-electron chi connectivity index (χ3n) is 1.96. The van der Waals surface area contributed by atoms with Gasteiger partial charge in [0, 0.05) is 5.41 Å². The second-order valence-electron chi connectivity index (χ2n) is 4.22. The van der Waals surface area contributed by atoms with Crippen LogP contribution in [0.15, 0.2) is 0 Å². The number of carbonyl (C=O) groups is 1. The Bertz CT molecular complexity index is 190. The Hall–Kier alpha value is -0.610. The maximum Gasteiger partial charge on any atom is 0.310 e. The van der Waals surface area contributed by atoms with Crippen LogP contribution in [-0.4, -0.2) is 32.1 Å². The molecule has 0 radical (unpaired) electrons. The Labute approximate surface area is 84.5 Å². The lowest BCUT2D eigenvalue weighted by atomic mass is 9.95. The van der Waals surface area contributed by atoms with Crippen LogP contribution >= 0.6 is 0 Å². The quantitative estimate of drug-likeness (QED) is 0.648. The predicted molar refractivity (Wildman–Crippen MR) is 50.7 cm³/mol. The third kappa shape index (κ3) is 3.64. The summed E-state index contributed by atoms with van der Waals surface area (Å²) in [4.78, 5) is 11.1. The molecule has 0 N–H and O–H groups in total. The van der Waals surface area contributed by atoms with Gasteiger partial charge in [-0.2, -0.15) is 0 Å². The van der Waals surface area contributed by atoms with Crippen molar-refractivity contribution in [3.8, 4) is 0 Å². The highest BCUT2D eigenvalue weighted by Gasteiger charge is 2.29. The van der Waals surface area contributed by atoms with E-state index in [4.69, 9.17) is 14.2 Å². The van der Waals surface area contributed by atoms with Crippen molar-refractivity contribution in [2.75, 3.05) is 19.8 Å². The van der Waals surface area contributed by atoms with Crippen molar-refractivity contribution in [2.24, 2.45) is 5.41 Å². The summed E-state index contributed by atoms with van der Waals surface area (Å²) in [6, 6.07) is 0. The highest BCUT2D eigenvalue weighted by atomic mass is 16.7. The van der Waals surface area contributed by atoms with Crippen LogP contribution in [-0.2, 0) is 19.0 Å². The zero-order valence-corrected chi connectivity index (χ0v) is 9.04. The van der Waals surface area contributed by atoms with Gasteiger partial charge in [0.1, 0.15) is 0 Å². The van der Waals surface area contributed by atoms with Crippen molar-refractivity contribution in [3.05, 3.63) is 0 Å². The summed E-state index contributed by atoms with van der Waals surface area (Å²) >= 11 is 0. The molecule has 0 aromatic rings. The molecule has 4 heteroatoms. The molecular weight excluding hydrogens is 184 g/mol. The molecule has 0 amide bonds. The summed E-state index contributed by atoms with van der Waals surface area (Å²) < 4.78 is 15.6. The number of rotatable bonds is 3. The van der Waals surface area contributed by atoms with Crippen molar-refractivity contribution in [3.63, 3.8) is 0 Å². The minimum absolute atomic E-state index is 0.0468. The lowest BCUT2D eigenvalue weighted by Crippen LogP contribution is -2.38. The van der Waals surface area contributed by atoms with E-state index >= 15 is 0 Å². The van der Waals surface area contributed by atoms with Gasteiger partial charge in [0.15, 0.2) is 6.29 Å². The van der Waals surface area contributed by atoms with Gasteiger partial charge in [-0.1, -0.05) is 13.8 Å². The Morgan fingerprint density at radius 1 is 1.43 bits per heavy atom. The molecule has 0 bridgehead atoms. The highest BCUT2D eigenvalue weighted by Crippen LogP contribution is 2.24. The standard InChI is InChI=1S/C10H18O4/c1-4-12-8(11)5-9-13-6-10(2,3)7-14-9/h9H,4-7H2,1-3H3. The van der Waals surface area contributed by atoms with E-state index in [1.165, 1.54) is 0 Å². The third-order valence-corrected chi connectivity index (χ3v) is 1.96. The molecule has 4 nitrogen and oxygen atoms in total. The largest absolute Gasteiger partial charge is 0.466 e. The topological polar surface area (TPSA) is 44.8 Å². The van der Waals surface area contributed by atoms with Gasteiger partial charge in [-0.05, 0) is 6.92 Å². The van der Waals surface area contributed by atoms with Crippen molar-refractivity contribution < 1.29 is 19.0 Å². The van der Waals surface area contributed by atoms with Gasteiger partial charge in [0.25, 0.3) is 0 Å². The summed E-state index contributed by atoms with van der Waals surface area (Å²) in [5.74, 6) is -0.266. The second-order valence-corrected chi connectivity index (χ2v) is 4.22. The molecule has 1 rings (SSSR count). The van der Waals surface area contributed by atoms with Crippen LogP contribution < -0.4 is 0 Å². The molecule has 1 fully saturated rings. The molecule has 0 aromatic heterocycles. The number of hydrogen-bond donors (Lipinski definition) is 0. The number of carbonyl (C=O) groups excluding carboxylic acids is 1. The zero-order chi connectivity index (χ0) is 10.6. The van der Waals surface area contributed by atoms with Gasteiger partial charge in [0.05, 0.1) is 26.2 Å². The Morgan fingerprint density at radius 2 is 2.00 bits per heavy atom. The summed E-state index contributed by atoms with van der Waals surface area (Å²) in [6.45, 7) is 7.55. The zero-order valence-electron chi connectivity index (χ0n) is 9.04. The van der Waals surface area contributed by atoms with E-state index in [2.05, 4.69) is 13.8 Å². The predicted octanol–water partition coefficient (Wildman–Crippen LogP) is 1.34. The number of hydrogen-bond acceptors (Lipinski definition) is 4. The van der Waals surface area contributed by atoms with E-state index in [0.29, 0.717) is 19.8 Å². The maximum atomic E-state index is 11.1. The van der Waals surface area contributed by atoms with Gasteiger partial charge in [-0.3, -0.25) is 4.79 Å². The smallest absolute Gasteiger partial charge is 0.310 e. The fraction of sp³-hybridized carbons (Fsp3) is 0.900. The van der Waals surface area contributed by atoms with E-state index in [1.807, 2.05) is 0 Å². The van der Waals surface area contributed by atoms with Crippen LogP contribution in [0.3, 0.4) is 0 Å². The first kappa shape index (κ1) is 11.5. The molecule has 1 saturated heterocycles. The second kappa shape index (κ2) is 4.75. The monoisotopic (exact) mass is 202 g/mol.